The molecule has 3 rings (SSSR count). The van der Waals surface area contributed by atoms with E-state index in [1.807, 2.05) is 0 Å². The third kappa shape index (κ3) is 3.79. The number of carbonyl (C=O) groups excluding carboxylic acids is 1. The number of nitrogens with one attached hydrogen (secondary N) is 1. The molecule has 0 aliphatic heterocycles. The summed E-state index contributed by atoms with van der Waals surface area (Å²) in [6, 6.07) is 5.06. The third-order valence-corrected chi connectivity index (χ3v) is 5.70. The van der Waals surface area contributed by atoms with Crippen LogP contribution in [0.4, 0.5) is 11.6 Å². The number of aliphatic hydroxyl groups excluding tert-OH is 1. The lowest BCUT2D eigenvalue weighted by Gasteiger charge is -2.23. The number of benzene rings is 1. The molecule has 1 amide bonds. The number of aliphatic hydroxyl groups is 1. The number of nitrogen functional groups attached to an aromatic ring is 1. The molecule has 0 aliphatic carbocycles. The van der Waals surface area contributed by atoms with Crippen molar-refractivity contribution in [2.75, 3.05) is 17.7 Å². The molecule has 6 N–H and O–H groups in total. The molecule has 0 fully saturated rings. The maximum absolute atomic E-state index is 11.7. The molecule has 0 spiro atoms. The maximum atomic E-state index is 11.7. The Morgan fingerprint density at radius 2 is 2.00 bits per heavy atom. The molecule has 2 aromatic heterocycles. The molecule has 0 atom stereocenters. The highest BCUT2D eigenvalue weighted by Gasteiger charge is 2.23. The predicted octanol–water partition coefficient (Wildman–Crippen LogP) is 3.53. The largest absolute Gasteiger partial charge is 0.397 e. The molecule has 1 aromatic carbocycles. The summed E-state index contributed by atoms with van der Waals surface area (Å²) in [6.45, 7) is 3.48. The molecule has 0 unspecified atom stereocenters. The molecule has 7 nitrogen and oxygen atoms in total. The molecule has 0 saturated carbocycles. The van der Waals surface area contributed by atoms with Gasteiger partial charge in [0.05, 0.1) is 39.0 Å². The number of hydrogen-bond acceptors (Lipinski definition) is 7. The molecule has 27 heavy (non-hydrogen) atoms. The summed E-state index contributed by atoms with van der Waals surface area (Å²) in [6.07, 6.45) is 0. The molecule has 2 heterocycles. The SMILES string of the molecule is CC(C)(CO)Nc1nc(-c2ccc(Cl)c(Cl)c2)c2c(N)c(C(N)=O)sc2n1. The van der Waals surface area contributed by atoms with Crippen LogP contribution < -0.4 is 16.8 Å². The van der Waals surface area contributed by atoms with Gasteiger partial charge in [0.25, 0.3) is 5.91 Å². The Hall–Kier alpha value is -2.13. The van der Waals surface area contributed by atoms with E-state index in [-0.39, 0.29) is 23.1 Å². The van der Waals surface area contributed by atoms with Crippen molar-refractivity contribution >= 4 is 62.3 Å². The maximum Gasteiger partial charge on any atom is 0.260 e. The summed E-state index contributed by atoms with van der Waals surface area (Å²) < 4.78 is 0. The number of amides is 1. The Balaban J connectivity index is 2.30. The summed E-state index contributed by atoms with van der Waals surface area (Å²) in [4.78, 5) is 21.4. The molecule has 142 valence electrons. The number of anilines is 2. The number of halogens is 2. The fourth-order valence-corrected chi connectivity index (χ4v) is 3.70. The second kappa shape index (κ2) is 7.12. The van der Waals surface area contributed by atoms with Crippen LogP contribution in [0.3, 0.4) is 0 Å². The van der Waals surface area contributed by atoms with Gasteiger partial charge in [-0.15, -0.1) is 11.3 Å². The average Bonchev–Trinajstić information content (AvgIpc) is 2.93. The van der Waals surface area contributed by atoms with Gasteiger partial charge in [-0.3, -0.25) is 4.79 Å². The molecule has 3 aromatic rings. The smallest absolute Gasteiger partial charge is 0.260 e. The van der Waals surface area contributed by atoms with Crippen molar-refractivity contribution in [2.24, 2.45) is 5.73 Å². The van der Waals surface area contributed by atoms with Gasteiger partial charge in [-0.2, -0.15) is 0 Å². The van der Waals surface area contributed by atoms with E-state index < -0.39 is 11.4 Å². The normalized spacial score (nSPS) is 11.7. The first-order valence-corrected chi connectivity index (χ1v) is 9.44. The predicted molar refractivity (Wildman–Crippen MR) is 111 cm³/mol. The van der Waals surface area contributed by atoms with Gasteiger partial charge in [-0.1, -0.05) is 29.3 Å². The van der Waals surface area contributed by atoms with Crippen molar-refractivity contribution in [3.8, 4) is 11.3 Å². The summed E-state index contributed by atoms with van der Waals surface area (Å²) in [5.74, 6) is -0.360. The van der Waals surface area contributed by atoms with Crippen molar-refractivity contribution in [3.05, 3.63) is 33.1 Å². The van der Waals surface area contributed by atoms with Crippen LogP contribution in [0.2, 0.25) is 10.0 Å². The van der Waals surface area contributed by atoms with Gasteiger partial charge in [-0.05, 0) is 26.0 Å². The number of fused-ring (bicyclic) bond motifs is 1. The molecule has 0 saturated heterocycles. The summed E-state index contributed by atoms with van der Waals surface area (Å²) in [5.41, 5.74) is 12.3. The van der Waals surface area contributed by atoms with E-state index in [2.05, 4.69) is 15.3 Å². The zero-order valence-electron chi connectivity index (χ0n) is 14.5. The molecular formula is C17H17Cl2N5O2S. The lowest BCUT2D eigenvalue weighted by Crippen LogP contribution is -2.35. The number of primary amides is 1. The van der Waals surface area contributed by atoms with Crippen LogP contribution in [0.5, 0.6) is 0 Å². The monoisotopic (exact) mass is 425 g/mol. The Labute approximate surface area is 169 Å². The highest BCUT2D eigenvalue weighted by Crippen LogP contribution is 2.40. The number of carbonyl (C=O) groups is 1. The lowest BCUT2D eigenvalue weighted by molar-refractivity contribution is 0.100. The first-order chi connectivity index (χ1) is 12.6. The number of rotatable bonds is 5. The van der Waals surface area contributed by atoms with Crippen LogP contribution in [0.1, 0.15) is 23.5 Å². The van der Waals surface area contributed by atoms with Crippen LogP contribution in [-0.2, 0) is 0 Å². The first-order valence-electron chi connectivity index (χ1n) is 7.87. The van der Waals surface area contributed by atoms with E-state index in [1.165, 1.54) is 0 Å². The molecule has 10 heteroatoms. The van der Waals surface area contributed by atoms with E-state index in [4.69, 9.17) is 34.7 Å². The van der Waals surface area contributed by atoms with Crippen molar-refractivity contribution in [2.45, 2.75) is 19.4 Å². The molecule has 0 radical (unpaired) electrons. The second-order valence-corrected chi connectivity index (χ2v) is 8.39. The number of nitrogens with two attached hydrogens (primary N) is 2. The van der Waals surface area contributed by atoms with Gasteiger partial charge >= 0.3 is 0 Å². The third-order valence-electron chi connectivity index (χ3n) is 3.85. The van der Waals surface area contributed by atoms with Crippen LogP contribution in [0.25, 0.3) is 21.5 Å². The molecular weight excluding hydrogens is 409 g/mol. The van der Waals surface area contributed by atoms with Gasteiger partial charge in [0.2, 0.25) is 5.95 Å². The van der Waals surface area contributed by atoms with Gasteiger partial charge in [-0.25, -0.2) is 9.97 Å². The van der Waals surface area contributed by atoms with Crippen LogP contribution in [0, 0.1) is 0 Å². The van der Waals surface area contributed by atoms with E-state index in [0.29, 0.717) is 31.5 Å². The quantitative estimate of drug-likeness (QED) is 0.494. The van der Waals surface area contributed by atoms with Crippen molar-refractivity contribution in [3.63, 3.8) is 0 Å². The summed E-state index contributed by atoms with van der Waals surface area (Å²) in [5, 5.41) is 13.9. The Morgan fingerprint density at radius 1 is 1.30 bits per heavy atom. The summed E-state index contributed by atoms with van der Waals surface area (Å²) >= 11 is 13.2. The highest BCUT2D eigenvalue weighted by molar-refractivity contribution is 7.21. The van der Waals surface area contributed by atoms with Crippen LogP contribution in [0.15, 0.2) is 18.2 Å². The average molecular weight is 426 g/mol. The Bertz CT molecular complexity index is 1050. The van der Waals surface area contributed by atoms with Gasteiger partial charge < -0.3 is 21.9 Å². The van der Waals surface area contributed by atoms with Crippen molar-refractivity contribution in [1.29, 1.82) is 0 Å². The number of thiophene rings is 1. The van der Waals surface area contributed by atoms with E-state index >= 15 is 0 Å². The van der Waals surface area contributed by atoms with Crippen LogP contribution in [-0.4, -0.2) is 33.1 Å². The highest BCUT2D eigenvalue weighted by atomic mass is 35.5. The van der Waals surface area contributed by atoms with Crippen LogP contribution >= 0.6 is 34.5 Å². The minimum Gasteiger partial charge on any atom is -0.397 e. The van der Waals surface area contributed by atoms with E-state index in [0.717, 1.165) is 11.3 Å². The molecule has 0 bridgehead atoms. The minimum absolute atomic E-state index is 0.129. The number of hydrogen-bond donors (Lipinski definition) is 4. The first kappa shape index (κ1) is 19.6. The summed E-state index contributed by atoms with van der Waals surface area (Å²) in [7, 11) is 0. The fraction of sp³-hybridized carbons (Fsp3) is 0.235. The fourth-order valence-electron chi connectivity index (χ4n) is 2.46. The topological polar surface area (TPSA) is 127 Å². The number of aromatic nitrogens is 2. The Kier molecular flexibility index (Phi) is 5.18. The van der Waals surface area contributed by atoms with Crippen molar-refractivity contribution in [1.82, 2.24) is 9.97 Å². The van der Waals surface area contributed by atoms with E-state index in [9.17, 15) is 9.90 Å². The minimum atomic E-state index is -0.655. The van der Waals surface area contributed by atoms with Gasteiger partial charge in [0.15, 0.2) is 0 Å². The zero-order chi connectivity index (χ0) is 19.9. The van der Waals surface area contributed by atoms with Gasteiger partial charge in [0.1, 0.15) is 9.71 Å². The van der Waals surface area contributed by atoms with Gasteiger partial charge in [0, 0.05) is 5.56 Å². The molecule has 0 aliphatic rings. The van der Waals surface area contributed by atoms with Crippen molar-refractivity contribution < 1.29 is 9.90 Å². The van der Waals surface area contributed by atoms with E-state index in [1.54, 1.807) is 32.0 Å². The standard InChI is InChI=1S/C17H17Cl2N5O2S/c1-17(2,6-25)24-16-22-12(7-3-4-8(18)9(19)5-7)10-11(20)13(14(21)26)27-15(10)23-16/h3-5,25H,6,20H2,1-2H3,(H2,21,26)(H,22,23,24). The number of nitrogens with zero attached hydrogens (tertiary/aromatic N) is 2. The zero-order valence-corrected chi connectivity index (χ0v) is 16.8. The second-order valence-electron chi connectivity index (χ2n) is 6.58. The lowest BCUT2D eigenvalue weighted by atomic mass is 10.1. The Morgan fingerprint density at radius 3 is 2.59 bits per heavy atom.